The zero-order valence-corrected chi connectivity index (χ0v) is 16.6. The van der Waals surface area contributed by atoms with Gasteiger partial charge in [-0.05, 0) is 64.5 Å². The standard InChI is InChI=1S/C17H13BrF3N3O3S/c1-27-15-7-2-10(8-13(15)19)14-9-16(17(18,20)21)23-24(14)11-3-5-12(6-4-11)28(22,25)26/h2-9H,1H3,(H2,22,25,26). The molecule has 0 spiro atoms. The molecule has 0 radical (unpaired) electrons. The second kappa shape index (κ2) is 7.22. The molecule has 0 fully saturated rings. The van der Waals surface area contributed by atoms with E-state index in [4.69, 9.17) is 9.88 Å². The Hall–Kier alpha value is -2.37. The van der Waals surface area contributed by atoms with E-state index in [1.165, 1.54) is 43.5 Å². The van der Waals surface area contributed by atoms with E-state index in [-0.39, 0.29) is 27.6 Å². The summed E-state index contributed by atoms with van der Waals surface area (Å²) in [5, 5.41) is 8.94. The molecule has 1 heterocycles. The monoisotopic (exact) mass is 475 g/mol. The van der Waals surface area contributed by atoms with Crippen molar-refractivity contribution in [3.63, 3.8) is 0 Å². The first-order valence-corrected chi connectivity index (χ1v) is 9.99. The predicted molar refractivity (Wildman–Crippen MR) is 99.7 cm³/mol. The number of benzene rings is 2. The van der Waals surface area contributed by atoms with Gasteiger partial charge in [0, 0.05) is 5.56 Å². The lowest BCUT2D eigenvalue weighted by molar-refractivity contribution is 0.109. The fraction of sp³-hybridized carbons (Fsp3) is 0.118. The summed E-state index contributed by atoms with van der Waals surface area (Å²) < 4.78 is 70.4. The maximum atomic E-state index is 14.1. The number of halogens is 4. The van der Waals surface area contributed by atoms with Crippen LogP contribution in [0.4, 0.5) is 13.2 Å². The van der Waals surface area contributed by atoms with Gasteiger partial charge >= 0.3 is 4.83 Å². The number of nitrogens with two attached hydrogens (primary N) is 1. The van der Waals surface area contributed by atoms with E-state index in [2.05, 4.69) is 21.0 Å². The number of alkyl halides is 3. The highest BCUT2D eigenvalue weighted by molar-refractivity contribution is 9.09. The first kappa shape index (κ1) is 20.4. The van der Waals surface area contributed by atoms with Gasteiger partial charge in [0.15, 0.2) is 11.6 Å². The van der Waals surface area contributed by atoms with Gasteiger partial charge in [-0.25, -0.2) is 22.6 Å². The summed E-state index contributed by atoms with van der Waals surface area (Å²) in [7, 11) is -2.61. The van der Waals surface area contributed by atoms with Crippen LogP contribution in [0.5, 0.6) is 5.75 Å². The van der Waals surface area contributed by atoms with Gasteiger partial charge in [0.25, 0.3) is 0 Å². The Morgan fingerprint density at radius 2 is 1.79 bits per heavy atom. The quantitative estimate of drug-likeness (QED) is 0.568. The SMILES string of the molecule is COc1ccc(-c2cc(C(F)(F)Br)nn2-c2ccc(S(N)(=O)=O)cc2)cc1F. The molecule has 2 aromatic carbocycles. The molecular weight excluding hydrogens is 463 g/mol. The van der Waals surface area contributed by atoms with E-state index in [9.17, 15) is 21.6 Å². The molecular formula is C17H13BrF3N3O3S. The molecule has 0 unspecified atom stereocenters. The van der Waals surface area contributed by atoms with Crippen molar-refractivity contribution in [2.24, 2.45) is 5.14 Å². The van der Waals surface area contributed by atoms with Gasteiger partial charge in [0.2, 0.25) is 10.0 Å². The summed E-state index contributed by atoms with van der Waals surface area (Å²) in [6.45, 7) is 0. The molecule has 0 aliphatic rings. The molecule has 11 heteroatoms. The van der Waals surface area contributed by atoms with E-state index in [0.29, 0.717) is 0 Å². The molecule has 28 heavy (non-hydrogen) atoms. The molecule has 3 aromatic rings. The van der Waals surface area contributed by atoms with Crippen molar-refractivity contribution in [3.8, 4) is 22.7 Å². The van der Waals surface area contributed by atoms with Crippen LogP contribution in [0.3, 0.4) is 0 Å². The zero-order valence-electron chi connectivity index (χ0n) is 14.2. The Labute approximate surface area is 166 Å². The van der Waals surface area contributed by atoms with Crippen LogP contribution in [0.25, 0.3) is 16.9 Å². The lowest BCUT2D eigenvalue weighted by Crippen LogP contribution is -2.12. The molecule has 3 rings (SSSR count). The lowest BCUT2D eigenvalue weighted by atomic mass is 10.1. The van der Waals surface area contributed by atoms with Crippen molar-refractivity contribution in [1.29, 1.82) is 0 Å². The minimum atomic E-state index is -3.92. The second-order valence-corrected chi connectivity index (χ2v) is 8.27. The number of ether oxygens (including phenoxy) is 1. The molecule has 6 nitrogen and oxygen atoms in total. The van der Waals surface area contributed by atoms with Gasteiger partial charge < -0.3 is 4.74 Å². The number of methoxy groups -OCH3 is 1. The number of hydrogen-bond donors (Lipinski definition) is 1. The maximum Gasteiger partial charge on any atom is 0.344 e. The Morgan fingerprint density at radius 1 is 1.14 bits per heavy atom. The third-order valence-electron chi connectivity index (χ3n) is 3.86. The zero-order chi connectivity index (χ0) is 20.7. The number of aromatic nitrogens is 2. The molecule has 0 saturated carbocycles. The van der Waals surface area contributed by atoms with Gasteiger partial charge in [0.1, 0.15) is 5.69 Å². The highest BCUT2D eigenvalue weighted by Crippen LogP contribution is 2.37. The summed E-state index contributed by atoms with van der Waals surface area (Å²) >= 11 is 2.26. The van der Waals surface area contributed by atoms with Gasteiger partial charge in [-0.15, -0.1) is 0 Å². The summed E-state index contributed by atoms with van der Waals surface area (Å²) in [4.78, 5) is -3.56. The average Bonchev–Trinajstić information content (AvgIpc) is 3.07. The van der Waals surface area contributed by atoms with Crippen molar-refractivity contribution in [2.75, 3.05) is 7.11 Å². The second-order valence-electron chi connectivity index (χ2n) is 5.71. The average molecular weight is 476 g/mol. The maximum absolute atomic E-state index is 14.1. The van der Waals surface area contributed by atoms with Crippen LogP contribution in [0, 0.1) is 5.82 Å². The van der Waals surface area contributed by atoms with E-state index < -0.39 is 26.4 Å². The Bertz CT molecular complexity index is 1130. The number of nitrogens with zero attached hydrogens (tertiary/aromatic N) is 2. The van der Waals surface area contributed by atoms with E-state index in [1.54, 1.807) is 0 Å². The van der Waals surface area contributed by atoms with Crippen LogP contribution in [-0.4, -0.2) is 25.3 Å². The summed E-state index contributed by atoms with van der Waals surface area (Å²) in [5.74, 6) is -0.678. The third-order valence-corrected chi connectivity index (χ3v) is 5.19. The first-order chi connectivity index (χ1) is 13.0. The molecule has 148 valence electrons. The van der Waals surface area contributed by atoms with Crippen molar-refractivity contribution >= 4 is 26.0 Å². The summed E-state index contributed by atoms with van der Waals surface area (Å²) in [6.07, 6.45) is 0. The van der Waals surface area contributed by atoms with Crippen LogP contribution >= 0.6 is 15.9 Å². The molecule has 2 N–H and O–H groups in total. The van der Waals surface area contributed by atoms with Crippen LogP contribution in [-0.2, 0) is 14.9 Å². The van der Waals surface area contributed by atoms with Crippen molar-refractivity contribution in [1.82, 2.24) is 9.78 Å². The van der Waals surface area contributed by atoms with Gasteiger partial charge in [-0.3, -0.25) is 0 Å². The molecule has 0 saturated heterocycles. The van der Waals surface area contributed by atoms with Crippen molar-refractivity contribution < 1.29 is 26.3 Å². The molecule has 0 bridgehead atoms. The minimum Gasteiger partial charge on any atom is -0.494 e. The molecule has 0 atom stereocenters. The number of sulfonamides is 1. The fourth-order valence-electron chi connectivity index (χ4n) is 2.52. The Kier molecular flexibility index (Phi) is 5.26. The molecule has 0 aliphatic carbocycles. The molecule has 0 amide bonds. The van der Waals surface area contributed by atoms with Gasteiger partial charge in [-0.1, -0.05) is 0 Å². The van der Waals surface area contributed by atoms with Crippen molar-refractivity contribution in [3.05, 3.63) is 60.0 Å². The highest BCUT2D eigenvalue weighted by atomic mass is 79.9. The van der Waals surface area contributed by atoms with Gasteiger partial charge in [-0.2, -0.15) is 13.9 Å². The highest BCUT2D eigenvalue weighted by Gasteiger charge is 2.32. The Balaban J connectivity index is 2.18. The Morgan fingerprint density at radius 3 is 2.29 bits per heavy atom. The number of rotatable bonds is 5. The summed E-state index contributed by atoms with van der Waals surface area (Å²) in [6, 6.07) is 10.2. The predicted octanol–water partition coefficient (Wildman–Crippen LogP) is 3.78. The largest absolute Gasteiger partial charge is 0.494 e. The van der Waals surface area contributed by atoms with E-state index in [1.807, 2.05) is 0 Å². The topological polar surface area (TPSA) is 87.2 Å². The van der Waals surface area contributed by atoms with E-state index >= 15 is 0 Å². The fourth-order valence-corrected chi connectivity index (χ4v) is 3.23. The molecule has 1 aromatic heterocycles. The number of hydrogen-bond acceptors (Lipinski definition) is 4. The normalized spacial score (nSPS) is 12.2. The van der Waals surface area contributed by atoms with Crippen LogP contribution in [0.15, 0.2) is 53.4 Å². The van der Waals surface area contributed by atoms with Gasteiger partial charge in [0.05, 0.1) is 23.4 Å². The third kappa shape index (κ3) is 4.05. The smallest absolute Gasteiger partial charge is 0.344 e. The minimum absolute atomic E-state index is 0.00151. The summed E-state index contributed by atoms with van der Waals surface area (Å²) in [5.41, 5.74) is 0.110. The van der Waals surface area contributed by atoms with Crippen molar-refractivity contribution in [2.45, 2.75) is 9.73 Å². The van der Waals surface area contributed by atoms with Crippen LogP contribution < -0.4 is 9.88 Å². The number of primary sulfonamides is 1. The lowest BCUT2D eigenvalue weighted by Gasteiger charge is -2.10. The van der Waals surface area contributed by atoms with Crippen LogP contribution in [0.2, 0.25) is 0 Å². The van der Waals surface area contributed by atoms with E-state index in [0.717, 1.165) is 16.8 Å². The first-order valence-electron chi connectivity index (χ1n) is 7.65. The molecule has 0 aliphatic heterocycles. The van der Waals surface area contributed by atoms with Crippen LogP contribution in [0.1, 0.15) is 5.69 Å².